The Morgan fingerprint density at radius 2 is 2.04 bits per heavy atom. The number of rotatable bonds is 7. The van der Waals surface area contributed by atoms with Gasteiger partial charge in [0.05, 0.1) is 19.3 Å². The zero-order valence-electron chi connectivity index (χ0n) is 13.5. The van der Waals surface area contributed by atoms with Crippen molar-refractivity contribution in [3.05, 3.63) is 34.9 Å². The largest absolute Gasteiger partial charge is 0.389 e. The first-order valence-electron chi connectivity index (χ1n) is 8.02. The van der Waals surface area contributed by atoms with Crippen LogP contribution in [0.2, 0.25) is 5.02 Å². The summed E-state index contributed by atoms with van der Waals surface area (Å²) in [5.74, 6) is 0.228. The summed E-state index contributed by atoms with van der Waals surface area (Å²) in [6, 6.07) is 7.48. The summed E-state index contributed by atoms with van der Waals surface area (Å²) in [6.07, 6.45) is 1.18. The van der Waals surface area contributed by atoms with Crippen molar-refractivity contribution in [1.82, 2.24) is 10.2 Å². The molecule has 1 aromatic carbocycles. The molecule has 2 N–H and O–H groups in total. The van der Waals surface area contributed by atoms with Gasteiger partial charge in [0.25, 0.3) is 0 Å². The maximum atomic E-state index is 11.6. The van der Waals surface area contributed by atoms with Crippen molar-refractivity contribution in [3.8, 4) is 0 Å². The van der Waals surface area contributed by atoms with E-state index in [1.165, 1.54) is 0 Å². The number of β-amino-alcohol motifs (C(OH)–C–C–N with tert-alkyl or cyclic N) is 1. The summed E-state index contributed by atoms with van der Waals surface area (Å²) in [6.45, 7) is 3.03. The molecule has 1 aliphatic rings. The normalized spacial score (nSPS) is 17.9. The first kappa shape index (κ1) is 18.2. The van der Waals surface area contributed by atoms with E-state index in [0.717, 1.165) is 31.5 Å². The highest BCUT2D eigenvalue weighted by atomic mass is 35.5. The summed E-state index contributed by atoms with van der Waals surface area (Å²) in [5, 5.41) is 13.5. The molecule has 0 aliphatic carbocycles. The van der Waals surface area contributed by atoms with Crippen molar-refractivity contribution < 1.29 is 14.6 Å². The third-order valence-electron chi connectivity index (χ3n) is 4.17. The van der Waals surface area contributed by atoms with Crippen molar-refractivity contribution >= 4 is 17.5 Å². The number of piperidine rings is 1. The van der Waals surface area contributed by atoms with E-state index in [-0.39, 0.29) is 11.8 Å². The van der Waals surface area contributed by atoms with Crippen LogP contribution in [0.4, 0.5) is 0 Å². The third-order valence-corrected chi connectivity index (χ3v) is 4.42. The van der Waals surface area contributed by atoms with Crippen molar-refractivity contribution in [2.45, 2.75) is 25.6 Å². The minimum absolute atomic E-state index is 0.106. The lowest BCUT2D eigenvalue weighted by Crippen LogP contribution is -2.43. The van der Waals surface area contributed by atoms with Crippen LogP contribution in [0, 0.1) is 5.92 Å². The molecule has 0 radical (unpaired) electrons. The maximum absolute atomic E-state index is 11.6. The third kappa shape index (κ3) is 6.11. The van der Waals surface area contributed by atoms with Gasteiger partial charge in [-0.15, -0.1) is 0 Å². The SMILES string of the molecule is CNC(=O)C1CCN(CC(O)COCc2ccc(Cl)cc2)CC1. The van der Waals surface area contributed by atoms with Gasteiger partial charge in [0.1, 0.15) is 0 Å². The first-order valence-corrected chi connectivity index (χ1v) is 8.40. The number of aliphatic hydroxyl groups is 1. The second-order valence-corrected chi connectivity index (χ2v) is 6.42. The Bertz CT molecular complexity index is 487. The molecule has 6 heteroatoms. The number of halogens is 1. The average molecular weight is 341 g/mol. The van der Waals surface area contributed by atoms with E-state index in [0.29, 0.717) is 24.8 Å². The summed E-state index contributed by atoms with van der Waals surface area (Å²) in [5.41, 5.74) is 1.04. The number of hydrogen-bond acceptors (Lipinski definition) is 4. The van der Waals surface area contributed by atoms with Gasteiger partial charge in [-0.2, -0.15) is 0 Å². The quantitative estimate of drug-likeness (QED) is 0.792. The highest BCUT2D eigenvalue weighted by Crippen LogP contribution is 2.17. The number of carbonyl (C=O) groups excluding carboxylic acids is 1. The van der Waals surface area contributed by atoms with Crippen molar-refractivity contribution in [2.24, 2.45) is 5.92 Å². The van der Waals surface area contributed by atoms with Crippen LogP contribution in [0.3, 0.4) is 0 Å². The minimum Gasteiger partial charge on any atom is -0.389 e. The fourth-order valence-corrected chi connectivity index (χ4v) is 2.95. The maximum Gasteiger partial charge on any atom is 0.222 e. The molecular weight excluding hydrogens is 316 g/mol. The van der Waals surface area contributed by atoms with Gasteiger partial charge < -0.3 is 20.1 Å². The molecule has 5 nitrogen and oxygen atoms in total. The molecule has 1 aliphatic heterocycles. The van der Waals surface area contributed by atoms with Crippen LogP contribution < -0.4 is 5.32 Å². The molecule has 23 heavy (non-hydrogen) atoms. The monoisotopic (exact) mass is 340 g/mol. The van der Waals surface area contributed by atoms with Crippen LogP contribution in [0.5, 0.6) is 0 Å². The summed E-state index contributed by atoms with van der Waals surface area (Å²) in [4.78, 5) is 13.8. The number of ether oxygens (including phenoxy) is 1. The van der Waals surface area contributed by atoms with E-state index < -0.39 is 6.10 Å². The van der Waals surface area contributed by atoms with E-state index in [1.54, 1.807) is 7.05 Å². The van der Waals surface area contributed by atoms with Crippen LogP contribution in [0.15, 0.2) is 24.3 Å². The standard InChI is InChI=1S/C17H25ClN2O3/c1-19-17(22)14-6-8-20(9-7-14)10-16(21)12-23-11-13-2-4-15(18)5-3-13/h2-5,14,16,21H,6-12H2,1H3,(H,19,22). The molecule has 0 saturated carbocycles. The van der Waals surface area contributed by atoms with E-state index in [1.807, 2.05) is 24.3 Å². The van der Waals surface area contributed by atoms with Gasteiger partial charge in [-0.1, -0.05) is 23.7 Å². The molecular formula is C17H25ClN2O3. The second-order valence-electron chi connectivity index (χ2n) is 5.98. The number of hydrogen-bond donors (Lipinski definition) is 2. The Kier molecular flexibility index (Phi) is 7.30. The fourth-order valence-electron chi connectivity index (χ4n) is 2.83. The predicted octanol–water partition coefficient (Wildman–Crippen LogP) is 1.68. The zero-order chi connectivity index (χ0) is 16.7. The lowest BCUT2D eigenvalue weighted by molar-refractivity contribution is -0.126. The summed E-state index contributed by atoms with van der Waals surface area (Å²) >= 11 is 5.83. The van der Waals surface area contributed by atoms with Gasteiger partial charge >= 0.3 is 0 Å². The Hall–Kier alpha value is -1.14. The van der Waals surface area contributed by atoms with Gasteiger partial charge in [0, 0.05) is 24.5 Å². The molecule has 2 rings (SSSR count). The van der Waals surface area contributed by atoms with Gasteiger partial charge in [0.2, 0.25) is 5.91 Å². The molecule has 1 atom stereocenters. The molecule has 1 amide bonds. The van der Waals surface area contributed by atoms with Crippen LogP contribution >= 0.6 is 11.6 Å². The number of likely N-dealkylation sites (tertiary alicyclic amines) is 1. The van der Waals surface area contributed by atoms with Crippen molar-refractivity contribution in [1.29, 1.82) is 0 Å². The van der Waals surface area contributed by atoms with Crippen molar-refractivity contribution in [2.75, 3.05) is 33.3 Å². The summed E-state index contributed by atoms with van der Waals surface area (Å²) in [7, 11) is 1.68. The molecule has 1 saturated heterocycles. The molecule has 128 valence electrons. The molecule has 0 bridgehead atoms. The average Bonchev–Trinajstić information content (AvgIpc) is 2.56. The number of nitrogens with one attached hydrogen (secondary N) is 1. The van der Waals surface area contributed by atoms with Crippen LogP contribution in [0.25, 0.3) is 0 Å². The Labute approximate surface area is 142 Å². The number of nitrogens with zero attached hydrogens (tertiary/aromatic N) is 1. The smallest absolute Gasteiger partial charge is 0.222 e. The molecule has 0 aromatic heterocycles. The van der Waals surface area contributed by atoms with Crippen LogP contribution in [0.1, 0.15) is 18.4 Å². The highest BCUT2D eigenvalue weighted by molar-refractivity contribution is 6.30. The Morgan fingerprint density at radius 3 is 2.65 bits per heavy atom. The van der Waals surface area contributed by atoms with E-state index in [9.17, 15) is 9.90 Å². The number of amides is 1. The van der Waals surface area contributed by atoms with E-state index >= 15 is 0 Å². The number of carbonyl (C=O) groups is 1. The second kappa shape index (κ2) is 9.23. The number of benzene rings is 1. The van der Waals surface area contributed by atoms with E-state index in [4.69, 9.17) is 16.3 Å². The van der Waals surface area contributed by atoms with Crippen LogP contribution in [-0.2, 0) is 16.1 Å². The van der Waals surface area contributed by atoms with Gasteiger partial charge in [-0.05, 0) is 43.6 Å². The van der Waals surface area contributed by atoms with Crippen molar-refractivity contribution in [3.63, 3.8) is 0 Å². The topological polar surface area (TPSA) is 61.8 Å². The van der Waals surface area contributed by atoms with E-state index in [2.05, 4.69) is 10.2 Å². The Balaban J connectivity index is 1.62. The fraction of sp³-hybridized carbons (Fsp3) is 0.588. The summed E-state index contributed by atoms with van der Waals surface area (Å²) < 4.78 is 5.56. The predicted molar refractivity (Wildman–Crippen MR) is 90.3 cm³/mol. The van der Waals surface area contributed by atoms with Crippen LogP contribution in [-0.4, -0.2) is 55.3 Å². The minimum atomic E-state index is -0.515. The van der Waals surface area contributed by atoms with Gasteiger partial charge in [-0.3, -0.25) is 4.79 Å². The molecule has 1 heterocycles. The first-order chi connectivity index (χ1) is 11.1. The molecule has 1 fully saturated rings. The Morgan fingerprint density at radius 1 is 1.39 bits per heavy atom. The molecule has 1 aromatic rings. The lowest BCUT2D eigenvalue weighted by Gasteiger charge is -2.32. The zero-order valence-corrected chi connectivity index (χ0v) is 14.3. The molecule has 0 spiro atoms. The number of aliphatic hydroxyl groups excluding tert-OH is 1. The lowest BCUT2D eigenvalue weighted by atomic mass is 9.96. The molecule has 1 unspecified atom stereocenters. The highest BCUT2D eigenvalue weighted by Gasteiger charge is 2.25. The van der Waals surface area contributed by atoms with Gasteiger partial charge in [-0.25, -0.2) is 0 Å². The van der Waals surface area contributed by atoms with Gasteiger partial charge in [0.15, 0.2) is 0 Å².